The number of halogens is 1. The number of hydrogen-bond donors (Lipinski definition) is 0. The summed E-state index contributed by atoms with van der Waals surface area (Å²) >= 11 is 0. The highest BCUT2D eigenvalue weighted by atomic mass is 19.1. The smallest absolute Gasteiger partial charge is 0.0895 e. The maximum absolute atomic E-state index is 12.5. The molecule has 0 fully saturated rings. The van der Waals surface area contributed by atoms with Crippen LogP contribution in [0.5, 0.6) is 0 Å². The predicted octanol–water partition coefficient (Wildman–Crippen LogP) is 4.34. The highest BCUT2D eigenvalue weighted by Gasteiger charge is 2.10. The van der Waals surface area contributed by atoms with Crippen LogP contribution in [0.15, 0.2) is 70.6 Å². The fourth-order valence-corrected chi connectivity index (χ4v) is 2.30. The third-order valence-electron chi connectivity index (χ3n) is 3.34. The Bertz CT molecular complexity index is 564. The van der Waals surface area contributed by atoms with Gasteiger partial charge in [-0.3, -0.25) is 14.4 Å². The summed E-state index contributed by atoms with van der Waals surface area (Å²) in [6.45, 7) is -0.324. The van der Waals surface area contributed by atoms with Crippen LogP contribution >= 0.6 is 0 Å². The van der Waals surface area contributed by atoms with Crippen LogP contribution in [0.4, 0.5) is 4.39 Å². The lowest BCUT2D eigenvalue weighted by atomic mass is 10.0. The first-order valence-electron chi connectivity index (χ1n) is 7.52. The third-order valence-corrected chi connectivity index (χ3v) is 3.34. The highest BCUT2D eigenvalue weighted by molar-refractivity contribution is 6.13. The third kappa shape index (κ3) is 4.62. The Labute approximate surface area is 131 Å². The van der Waals surface area contributed by atoms with Gasteiger partial charge in [0.2, 0.25) is 0 Å². The van der Waals surface area contributed by atoms with E-state index >= 15 is 0 Å². The molecule has 2 aromatic carbocycles. The first kappa shape index (κ1) is 16.1. The average molecular weight is 296 g/mol. The van der Waals surface area contributed by atoms with Gasteiger partial charge in [-0.15, -0.1) is 0 Å². The van der Waals surface area contributed by atoms with Crippen LogP contribution in [-0.2, 0) is 0 Å². The molecule has 0 N–H and O–H groups in total. The van der Waals surface area contributed by atoms with E-state index in [0.29, 0.717) is 12.8 Å². The lowest BCUT2D eigenvalue weighted by Crippen LogP contribution is -2.13. The fourth-order valence-electron chi connectivity index (χ4n) is 2.30. The number of benzene rings is 2. The Morgan fingerprint density at radius 1 is 1.00 bits per heavy atom. The molecule has 0 saturated carbocycles. The van der Waals surface area contributed by atoms with E-state index in [1.807, 2.05) is 60.7 Å². The molecule has 0 spiro atoms. The van der Waals surface area contributed by atoms with Crippen LogP contribution in [0.1, 0.15) is 24.0 Å². The van der Waals surface area contributed by atoms with Gasteiger partial charge in [-0.1, -0.05) is 60.7 Å². The van der Waals surface area contributed by atoms with E-state index in [4.69, 9.17) is 4.99 Å². The molecular formula is C19H21FN2. The van der Waals surface area contributed by atoms with Gasteiger partial charge in [-0.25, -0.2) is 0 Å². The van der Waals surface area contributed by atoms with Crippen molar-refractivity contribution in [1.29, 1.82) is 0 Å². The minimum Gasteiger partial charge on any atom is -0.299 e. The Morgan fingerprint density at radius 2 is 1.55 bits per heavy atom. The molecule has 0 heterocycles. The molecule has 0 bridgehead atoms. The quantitative estimate of drug-likeness (QED) is 0.679. The summed E-state index contributed by atoms with van der Waals surface area (Å²) in [4.78, 5) is 8.92. The second kappa shape index (κ2) is 8.88. The molecular weight excluding hydrogens is 275 g/mol. The number of alkyl halides is 1. The van der Waals surface area contributed by atoms with Crippen molar-refractivity contribution >= 4 is 11.9 Å². The van der Waals surface area contributed by atoms with Crippen LogP contribution in [0, 0.1) is 0 Å². The zero-order valence-electron chi connectivity index (χ0n) is 12.8. The molecule has 2 aromatic rings. The Morgan fingerprint density at radius 3 is 2.00 bits per heavy atom. The number of nitrogens with zero attached hydrogens (tertiary/aromatic N) is 2. The second-order valence-corrected chi connectivity index (χ2v) is 5.02. The lowest BCUT2D eigenvalue weighted by molar-refractivity contribution is 0.458. The van der Waals surface area contributed by atoms with Gasteiger partial charge in [-0.2, -0.15) is 0 Å². The molecule has 0 aliphatic carbocycles. The van der Waals surface area contributed by atoms with Crippen molar-refractivity contribution in [2.45, 2.75) is 18.9 Å². The van der Waals surface area contributed by atoms with E-state index in [1.54, 1.807) is 13.3 Å². The second-order valence-electron chi connectivity index (χ2n) is 5.02. The van der Waals surface area contributed by atoms with Crippen LogP contribution in [0.3, 0.4) is 0 Å². The van der Waals surface area contributed by atoms with Gasteiger partial charge in [0.25, 0.3) is 0 Å². The molecule has 0 aromatic heterocycles. The molecule has 3 heteroatoms. The van der Waals surface area contributed by atoms with Crippen LogP contribution in [0.2, 0.25) is 0 Å². The van der Waals surface area contributed by atoms with Crippen molar-refractivity contribution in [3.8, 4) is 0 Å². The molecule has 0 aliphatic heterocycles. The average Bonchev–Trinajstić information content (AvgIpc) is 2.59. The van der Waals surface area contributed by atoms with Crippen LogP contribution in [-0.4, -0.2) is 31.7 Å². The molecule has 114 valence electrons. The molecule has 0 radical (unpaired) electrons. The zero-order valence-corrected chi connectivity index (χ0v) is 12.8. The monoisotopic (exact) mass is 296 g/mol. The summed E-state index contributed by atoms with van der Waals surface area (Å²) < 4.78 is 12.5. The first-order chi connectivity index (χ1) is 10.8. The zero-order chi connectivity index (χ0) is 15.6. The van der Waals surface area contributed by atoms with Crippen molar-refractivity contribution in [1.82, 2.24) is 0 Å². The summed E-state index contributed by atoms with van der Waals surface area (Å²) in [5.41, 5.74) is 3.04. The lowest BCUT2D eigenvalue weighted by Gasteiger charge is -2.12. The number of hydrogen-bond acceptors (Lipinski definition) is 2. The summed E-state index contributed by atoms with van der Waals surface area (Å²) in [6, 6.07) is 20.0. The SMILES string of the molecule is CN=CC(CCCF)N=C(c1ccccc1)c1ccccc1. The Balaban J connectivity index is 2.41. The van der Waals surface area contributed by atoms with Gasteiger partial charge in [0, 0.05) is 24.4 Å². The van der Waals surface area contributed by atoms with Gasteiger partial charge in [0.05, 0.1) is 18.4 Å². The van der Waals surface area contributed by atoms with Crippen molar-refractivity contribution in [2.75, 3.05) is 13.7 Å². The van der Waals surface area contributed by atoms with E-state index in [2.05, 4.69) is 4.99 Å². The molecule has 0 saturated heterocycles. The summed E-state index contributed by atoms with van der Waals surface area (Å²) in [7, 11) is 1.72. The minimum atomic E-state index is -0.324. The number of aliphatic imine (C=N–C) groups is 2. The number of rotatable bonds is 7. The summed E-state index contributed by atoms with van der Waals surface area (Å²) in [5, 5.41) is 0. The molecule has 0 amide bonds. The van der Waals surface area contributed by atoms with E-state index in [-0.39, 0.29) is 12.7 Å². The molecule has 2 rings (SSSR count). The van der Waals surface area contributed by atoms with Crippen LogP contribution < -0.4 is 0 Å². The molecule has 1 atom stereocenters. The van der Waals surface area contributed by atoms with Crippen molar-refractivity contribution in [3.05, 3.63) is 71.8 Å². The topological polar surface area (TPSA) is 24.7 Å². The van der Waals surface area contributed by atoms with E-state index in [1.165, 1.54) is 0 Å². The first-order valence-corrected chi connectivity index (χ1v) is 7.52. The summed E-state index contributed by atoms with van der Waals surface area (Å²) in [5.74, 6) is 0. The summed E-state index contributed by atoms with van der Waals surface area (Å²) in [6.07, 6.45) is 2.95. The van der Waals surface area contributed by atoms with Crippen molar-refractivity contribution in [2.24, 2.45) is 9.98 Å². The van der Waals surface area contributed by atoms with Crippen LogP contribution in [0.25, 0.3) is 0 Å². The molecule has 1 unspecified atom stereocenters. The Kier molecular flexibility index (Phi) is 6.49. The highest BCUT2D eigenvalue weighted by Crippen LogP contribution is 2.13. The molecule has 2 nitrogen and oxygen atoms in total. The van der Waals surface area contributed by atoms with Gasteiger partial charge < -0.3 is 0 Å². The molecule has 0 aliphatic rings. The van der Waals surface area contributed by atoms with E-state index in [9.17, 15) is 4.39 Å². The molecule has 22 heavy (non-hydrogen) atoms. The van der Waals surface area contributed by atoms with Crippen molar-refractivity contribution < 1.29 is 4.39 Å². The fraction of sp³-hybridized carbons (Fsp3) is 0.263. The van der Waals surface area contributed by atoms with Crippen molar-refractivity contribution in [3.63, 3.8) is 0 Å². The van der Waals surface area contributed by atoms with E-state index in [0.717, 1.165) is 16.8 Å². The van der Waals surface area contributed by atoms with Gasteiger partial charge in [0.1, 0.15) is 0 Å². The largest absolute Gasteiger partial charge is 0.299 e. The normalized spacial score (nSPS) is 12.3. The van der Waals surface area contributed by atoms with Gasteiger partial charge in [-0.05, 0) is 12.8 Å². The standard InChI is InChI=1S/C19H21FN2/c1-21-15-18(13-8-14-20)22-19(16-9-4-2-5-10-16)17-11-6-3-7-12-17/h2-7,9-12,15,18H,8,13-14H2,1H3. The maximum atomic E-state index is 12.5. The maximum Gasteiger partial charge on any atom is 0.0895 e. The predicted molar refractivity (Wildman–Crippen MR) is 91.9 cm³/mol. The van der Waals surface area contributed by atoms with E-state index < -0.39 is 0 Å². The Hall–Kier alpha value is -2.29. The minimum absolute atomic E-state index is 0.101. The van der Waals surface area contributed by atoms with Gasteiger partial charge in [0.15, 0.2) is 0 Å². The van der Waals surface area contributed by atoms with Gasteiger partial charge >= 0.3 is 0 Å².